The van der Waals surface area contributed by atoms with Crippen LogP contribution in [-0.4, -0.2) is 41.8 Å². The molecule has 1 amide bonds. The van der Waals surface area contributed by atoms with Gasteiger partial charge in [0, 0.05) is 24.6 Å². The molecular formula is C21H25NO4. The predicted octanol–water partition coefficient (Wildman–Crippen LogP) is 2.69. The molecular weight excluding hydrogens is 330 g/mol. The second-order valence-corrected chi connectivity index (χ2v) is 7.75. The van der Waals surface area contributed by atoms with E-state index in [4.69, 9.17) is 4.74 Å². The fourth-order valence-electron chi connectivity index (χ4n) is 4.54. The molecule has 0 bridgehead atoms. The summed E-state index contributed by atoms with van der Waals surface area (Å²) in [4.78, 5) is 38.7. The number of nitrogens with zero attached hydrogens (tertiary/aromatic N) is 1. The average Bonchev–Trinajstić information content (AvgIpc) is 3.38. The number of likely N-dealkylation sites (tertiary alicyclic amines) is 1. The van der Waals surface area contributed by atoms with Crippen LogP contribution in [0, 0.1) is 5.92 Å². The number of amides is 1. The minimum absolute atomic E-state index is 0.0452. The predicted molar refractivity (Wildman–Crippen MR) is 95.8 cm³/mol. The van der Waals surface area contributed by atoms with Crippen LogP contribution in [0.2, 0.25) is 0 Å². The monoisotopic (exact) mass is 355 g/mol. The number of fused-ring (bicyclic) bond motifs is 1. The van der Waals surface area contributed by atoms with E-state index in [-0.39, 0.29) is 30.8 Å². The molecule has 0 radical (unpaired) electrons. The van der Waals surface area contributed by atoms with Crippen molar-refractivity contribution >= 4 is 17.7 Å². The van der Waals surface area contributed by atoms with Crippen molar-refractivity contribution in [3.8, 4) is 0 Å². The van der Waals surface area contributed by atoms with Crippen LogP contribution in [0.5, 0.6) is 0 Å². The normalized spacial score (nSPS) is 22.7. The highest BCUT2D eigenvalue weighted by atomic mass is 16.5. The Balaban J connectivity index is 1.31. The van der Waals surface area contributed by atoms with E-state index in [0.29, 0.717) is 12.1 Å². The van der Waals surface area contributed by atoms with Crippen LogP contribution in [0.15, 0.2) is 18.2 Å². The second-order valence-electron chi connectivity index (χ2n) is 7.75. The molecule has 0 unspecified atom stereocenters. The van der Waals surface area contributed by atoms with Gasteiger partial charge in [0.25, 0.3) is 0 Å². The van der Waals surface area contributed by atoms with Gasteiger partial charge in [0.2, 0.25) is 5.91 Å². The first-order valence-electron chi connectivity index (χ1n) is 9.73. The molecule has 1 heterocycles. The largest absolute Gasteiger partial charge is 0.457 e. The molecule has 4 rings (SSSR count). The second kappa shape index (κ2) is 7.22. The molecule has 5 nitrogen and oxygen atoms in total. The number of Topliss-reactive ketones (excluding diaryl/α,β-unsaturated/α-hetero) is 1. The Hall–Kier alpha value is -2.17. The summed E-state index contributed by atoms with van der Waals surface area (Å²) in [6.07, 6.45) is 7.80. The SMILES string of the molecule is O=C(COC(=O)[C@@H]1CC(=O)N(C2CCCC2)C1)c1ccc2c(c1)CCC2. The zero-order chi connectivity index (χ0) is 18.1. The van der Waals surface area contributed by atoms with Crippen molar-refractivity contribution in [2.45, 2.75) is 57.4 Å². The number of rotatable bonds is 5. The Morgan fingerprint density at radius 3 is 2.65 bits per heavy atom. The van der Waals surface area contributed by atoms with Gasteiger partial charge in [-0.05, 0) is 49.3 Å². The van der Waals surface area contributed by atoms with Crippen molar-refractivity contribution in [2.75, 3.05) is 13.2 Å². The summed E-state index contributed by atoms with van der Waals surface area (Å²) in [7, 11) is 0. The van der Waals surface area contributed by atoms with E-state index < -0.39 is 11.9 Å². The molecule has 5 heteroatoms. The lowest BCUT2D eigenvalue weighted by atomic mass is 10.0. The molecule has 1 atom stereocenters. The van der Waals surface area contributed by atoms with Gasteiger partial charge in [0.15, 0.2) is 12.4 Å². The summed E-state index contributed by atoms with van der Waals surface area (Å²) in [6, 6.07) is 6.04. The molecule has 1 aliphatic heterocycles. The number of benzene rings is 1. The highest BCUT2D eigenvalue weighted by molar-refractivity contribution is 5.98. The van der Waals surface area contributed by atoms with Crippen molar-refractivity contribution in [1.29, 1.82) is 0 Å². The summed E-state index contributed by atoms with van der Waals surface area (Å²) in [5, 5.41) is 0. The number of esters is 1. The maximum absolute atomic E-state index is 12.3. The molecule has 0 spiro atoms. The minimum atomic E-state index is -0.434. The standard InChI is InChI=1S/C21H25NO4/c23-19(16-9-8-14-4-3-5-15(14)10-16)13-26-21(25)17-11-20(24)22(12-17)18-6-1-2-7-18/h8-10,17-18H,1-7,11-13H2/t17-/m1/s1. The molecule has 1 aromatic rings. The van der Waals surface area contributed by atoms with Crippen LogP contribution in [0.3, 0.4) is 0 Å². The van der Waals surface area contributed by atoms with Crippen LogP contribution in [0.25, 0.3) is 0 Å². The van der Waals surface area contributed by atoms with E-state index in [1.54, 1.807) is 0 Å². The van der Waals surface area contributed by atoms with E-state index in [9.17, 15) is 14.4 Å². The highest BCUT2D eigenvalue weighted by Crippen LogP contribution is 2.30. The van der Waals surface area contributed by atoms with Crippen molar-refractivity contribution in [2.24, 2.45) is 5.92 Å². The first kappa shape index (κ1) is 17.3. The molecule has 3 aliphatic rings. The van der Waals surface area contributed by atoms with E-state index in [1.807, 2.05) is 23.1 Å². The number of carbonyl (C=O) groups is 3. The Labute approximate surface area is 153 Å². The lowest BCUT2D eigenvalue weighted by molar-refractivity contribution is -0.147. The average molecular weight is 355 g/mol. The summed E-state index contributed by atoms with van der Waals surface area (Å²) < 4.78 is 5.25. The molecule has 0 N–H and O–H groups in total. The lowest BCUT2D eigenvalue weighted by Crippen LogP contribution is -2.35. The van der Waals surface area contributed by atoms with Gasteiger partial charge < -0.3 is 9.64 Å². The van der Waals surface area contributed by atoms with Gasteiger partial charge in [-0.15, -0.1) is 0 Å². The van der Waals surface area contributed by atoms with Gasteiger partial charge >= 0.3 is 5.97 Å². The molecule has 1 saturated carbocycles. The number of aryl methyl sites for hydroxylation is 2. The molecule has 2 fully saturated rings. The van der Waals surface area contributed by atoms with Gasteiger partial charge in [0.1, 0.15) is 0 Å². The topological polar surface area (TPSA) is 63.7 Å². The quantitative estimate of drug-likeness (QED) is 0.602. The van der Waals surface area contributed by atoms with Crippen LogP contribution in [0.4, 0.5) is 0 Å². The number of carbonyl (C=O) groups excluding carboxylic acids is 3. The maximum Gasteiger partial charge on any atom is 0.311 e. The van der Waals surface area contributed by atoms with Crippen molar-refractivity contribution in [3.63, 3.8) is 0 Å². The molecule has 26 heavy (non-hydrogen) atoms. The number of hydrogen-bond acceptors (Lipinski definition) is 4. The maximum atomic E-state index is 12.3. The van der Waals surface area contributed by atoms with Crippen molar-refractivity contribution in [3.05, 3.63) is 34.9 Å². The van der Waals surface area contributed by atoms with Crippen LogP contribution < -0.4 is 0 Å². The molecule has 138 valence electrons. The highest BCUT2D eigenvalue weighted by Gasteiger charge is 2.39. The third-order valence-electron chi connectivity index (χ3n) is 6.02. The third-order valence-corrected chi connectivity index (χ3v) is 6.02. The first-order valence-corrected chi connectivity index (χ1v) is 9.73. The van der Waals surface area contributed by atoms with Gasteiger partial charge in [-0.3, -0.25) is 14.4 Å². The number of hydrogen-bond donors (Lipinski definition) is 0. The zero-order valence-electron chi connectivity index (χ0n) is 15.0. The fourth-order valence-corrected chi connectivity index (χ4v) is 4.54. The Morgan fingerprint density at radius 2 is 1.85 bits per heavy atom. The molecule has 0 aromatic heterocycles. The molecule has 2 aliphatic carbocycles. The van der Waals surface area contributed by atoms with E-state index in [0.717, 1.165) is 44.9 Å². The van der Waals surface area contributed by atoms with Gasteiger partial charge in [-0.1, -0.05) is 25.0 Å². The summed E-state index contributed by atoms with van der Waals surface area (Å²) in [5.41, 5.74) is 3.15. The molecule has 1 aromatic carbocycles. The van der Waals surface area contributed by atoms with E-state index in [2.05, 4.69) is 0 Å². The van der Waals surface area contributed by atoms with E-state index >= 15 is 0 Å². The summed E-state index contributed by atoms with van der Waals surface area (Å²) >= 11 is 0. The van der Waals surface area contributed by atoms with Gasteiger partial charge in [-0.25, -0.2) is 0 Å². The van der Waals surface area contributed by atoms with Crippen LogP contribution in [-0.2, 0) is 27.2 Å². The van der Waals surface area contributed by atoms with Crippen molar-refractivity contribution < 1.29 is 19.1 Å². The number of ketones is 1. The van der Waals surface area contributed by atoms with Crippen molar-refractivity contribution in [1.82, 2.24) is 4.90 Å². The van der Waals surface area contributed by atoms with Gasteiger partial charge in [0.05, 0.1) is 5.92 Å². The van der Waals surface area contributed by atoms with E-state index in [1.165, 1.54) is 11.1 Å². The lowest BCUT2D eigenvalue weighted by Gasteiger charge is -2.23. The molecule has 1 saturated heterocycles. The zero-order valence-corrected chi connectivity index (χ0v) is 15.0. The Morgan fingerprint density at radius 1 is 1.08 bits per heavy atom. The smallest absolute Gasteiger partial charge is 0.311 e. The van der Waals surface area contributed by atoms with Gasteiger partial charge in [-0.2, -0.15) is 0 Å². The first-order chi connectivity index (χ1) is 12.6. The minimum Gasteiger partial charge on any atom is -0.457 e. The van der Waals surface area contributed by atoms with Crippen LogP contribution >= 0.6 is 0 Å². The third kappa shape index (κ3) is 3.39. The Bertz CT molecular complexity index is 736. The number of ether oxygens (including phenoxy) is 1. The fraction of sp³-hybridized carbons (Fsp3) is 0.571. The summed E-state index contributed by atoms with van der Waals surface area (Å²) in [5.74, 6) is -0.988. The Kier molecular flexibility index (Phi) is 4.79. The summed E-state index contributed by atoms with van der Waals surface area (Å²) in [6.45, 7) is 0.196. The van der Waals surface area contributed by atoms with Crippen LogP contribution in [0.1, 0.15) is 60.0 Å².